The van der Waals surface area contributed by atoms with Crippen molar-refractivity contribution < 1.29 is 4.79 Å². The molecule has 11 heteroatoms. The standard InChI is InChI=1S/C34H32Cl4N4O2S/c35-20-12-11-19(26(37)16-20)15-28-32(43)42-31(40)25(18-39)29(24-14-13-21(36)17-27(24)38)30(34(42)45-28)33(44)41(22-7-3-1-4-8-22)23-9-5-2-6-10-23/h11-17,22-23,29H,1-10,40H2/b28-15+. The number of benzene rings is 2. The second kappa shape index (κ2) is 13.6. The zero-order valence-corrected chi connectivity index (χ0v) is 28.3. The van der Waals surface area contributed by atoms with Gasteiger partial charge in [0.1, 0.15) is 10.5 Å². The molecule has 2 N–H and O–H groups in total. The Bertz CT molecular complexity index is 1890. The highest BCUT2D eigenvalue weighted by molar-refractivity contribution is 7.07. The number of nitriles is 1. The van der Waals surface area contributed by atoms with E-state index in [4.69, 9.17) is 52.1 Å². The van der Waals surface area contributed by atoms with Crippen LogP contribution in [0.5, 0.6) is 0 Å². The quantitative estimate of drug-likeness (QED) is 0.299. The molecule has 2 aromatic carbocycles. The lowest BCUT2D eigenvalue weighted by atomic mass is 9.81. The third kappa shape index (κ3) is 6.21. The number of nitrogens with zero attached hydrogens (tertiary/aromatic N) is 3. The van der Waals surface area contributed by atoms with Gasteiger partial charge in [-0.25, -0.2) is 0 Å². The molecule has 0 bridgehead atoms. The summed E-state index contributed by atoms with van der Waals surface area (Å²) in [5, 5.41) is 12.1. The molecule has 2 fully saturated rings. The summed E-state index contributed by atoms with van der Waals surface area (Å²) in [5.74, 6) is -1.08. The van der Waals surface area contributed by atoms with E-state index in [0.29, 0.717) is 46.0 Å². The SMILES string of the molecule is N#CC1=C(N)n2c(s/c(=C/c3ccc(Cl)cc3Cl)c2=O)=C(C(=O)N(C2CCCCC2)C2CCCCC2)C1c1ccc(Cl)cc1Cl. The van der Waals surface area contributed by atoms with Crippen molar-refractivity contribution in [3.05, 3.63) is 92.7 Å². The average Bonchev–Trinajstić information content (AvgIpc) is 3.35. The molecule has 0 spiro atoms. The van der Waals surface area contributed by atoms with E-state index < -0.39 is 11.5 Å². The van der Waals surface area contributed by atoms with Crippen LogP contribution in [-0.2, 0) is 4.79 Å². The van der Waals surface area contributed by atoms with Gasteiger partial charge in [-0.05, 0) is 67.2 Å². The maximum atomic E-state index is 15.3. The van der Waals surface area contributed by atoms with Crippen LogP contribution in [0.15, 0.2) is 46.8 Å². The summed E-state index contributed by atoms with van der Waals surface area (Å²) >= 11 is 26.8. The molecule has 0 saturated heterocycles. The van der Waals surface area contributed by atoms with Crippen LogP contribution in [0, 0.1) is 11.3 Å². The summed E-state index contributed by atoms with van der Waals surface area (Å²) < 4.78 is 2.03. The molecule has 2 heterocycles. The van der Waals surface area contributed by atoms with Crippen LogP contribution in [0.1, 0.15) is 81.3 Å². The lowest BCUT2D eigenvalue weighted by Crippen LogP contribution is -2.51. The number of carbonyl (C=O) groups excluding carboxylic acids is 1. The van der Waals surface area contributed by atoms with Gasteiger partial charge in [0, 0.05) is 32.2 Å². The molecule has 1 unspecified atom stereocenters. The highest BCUT2D eigenvalue weighted by atomic mass is 35.5. The summed E-state index contributed by atoms with van der Waals surface area (Å²) in [5.41, 5.74) is 7.79. The Balaban J connectivity index is 1.66. The fraction of sp³-hybridized carbons (Fsp3) is 0.382. The van der Waals surface area contributed by atoms with E-state index in [0.717, 1.165) is 64.2 Å². The highest BCUT2D eigenvalue weighted by Crippen LogP contribution is 2.42. The first-order chi connectivity index (χ1) is 21.7. The third-order valence-electron chi connectivity index (χ3n) is 9.19. The Morgan fingerprint density at radius 3 is 2.04 bits per heavy atom. The minimum atomic E-state index is -0.882. The van der Waals surface area contributed by atoms with E-state index in [9.17, 15) is 10.1 Å². The van der Waals surface area contributed by atoms with Gasteiger partial charge in [-0.1, -0.05) is 97.1 Å². The summed E-state index contributed by atoms with van der Waals surface area (Å²) in [6, 6.07) is 12.5. The maximum absolute atomic E-state index is 15.3. The number of hydrogen-bond acceptors (Lipinski definition) is 5. The van der Waals surface area contributed by atoms with Crippen molar-refractivity contribution in [2.75, 3.05) is 0 Å². The monoisotopic (exact) mass is 700 g/mol. The van der Waals surface area contributed by atoms with Crippen molar-refractivity contribution in [1.29, 1.82) is 5.26 Å². The molecule has 1 atom stereocenters. The van der Waals surface area contributed by atoms with Crippen molar-refractivity contribution in [1.82, 2.24) is 9.47 Å². The van der Waals surface area contributed by atoms with Crippen LogP contribution in [0.2, 0.25) is 20.1 Å². The zero-order valence-electron chi connectivity index (χ0n) is 24.5. The Labute approximate surface area is 285 Å². The van der Waals surface area contributed by atoms with Gasteiger partial charge in [-0.2, -0.15) is 5.26 Å². The largest absolute Gasteiger partial charge is 0.384 e. The third-order valence-corrected chi connectivity index (χ3v) is 11.4. The molecule has 45 heavy (non-hydrogen) atoms. The predicted molar refractivity (Wildman–Crippen MR) is 184 cm³/mol. The van der Waals surface area contributed by atoms with Crippen LogP contribution < -0.4 is 20.5 Å². The molecule has 2 aliphatic carbocycles. The molecular weight excluding hydrogens is 670 g/mol. The van der Waals surface area contributed by atoms with Crippen molar-refractivity contribution in [2.45, 2.75) is 82.2 Å². The molecule has 1 amide bonds. The topological polar surface area (TPSA) is 92.1 Å². The van der Waals surface area contributed by atoms with Gasteiger partial charge in [-0.3, -0.25) is 14.2 Å². The van der Waals surface area contributed by atoms with Gasteiger partial charge in [0.15, 0.2) is 0 Å². The minimum absolute atomic E-state index is 0.0231. The number of thiazole rings is 1. The maximum Gasteiger partial charge on any atom is 0.274 e. The number of nitrogens with two attached hydrogens (primary N) is 1. The van der Waals surface area contributed by atoms with Crippen LogP contribution in [0.25, 0.3) is 17.5 Å². The van der Waals surface area contributed by atoms with Gasteiger partial charge < -0.3 is 10.6 Å². The van der Waals surface area contributed by atoms with E-state index in [1.54, 1.807) is 42.5 Å². The molecule has 234 valence electrons. The number of halogens is 4. The summed E-state index contributed by atoms with van der Waals surface area (Å²) in [6.07, 6.45) is 11.9. The van der Waals surface area contributed by atoms with Gasteiger partial charge in [0.05, 0.1) is 27.7 Å². The second-order valence-corrected chi connectivity index (χ2v) is 14.7. The number of allylic oxidation sites excluding steroid dienone is 1. The summed E-state index contributed by atoms with van der Waals surface area (Å²) in [7, 11) is 0. The van der Waals surface area contributed by atoms with E-state index in [2.05, 4.69) is 11.0 Å². The Kier molecular flexibility index (Phi) is 9.70. The van der Waals surface area contributed by atoms with Crippen molar-refractivity contribution >= 4 is 81.1 Å². The number of aromatic nitrogens is 1. The van der Waals surface area contributed by atoms with E-state index >= 15 is 4.79 Å². The molecule has 1 aromatic heterocycles. The lowest BCUT2D eigenvalue weighted by Gasteiger charge is -2.43. The molecule has 0 radical (unpaired) electrons. The fourth-order valence-electron chi connectivity index (χ4n) is 7.05. The summed E-state index contributed by atoms with van der Waals surface area (Å²) in [4.78, 5) is 31.4. The normalized spacial score (nSPS) is 19.8. The van der Waals surface area contributed by atoms with Gasteiger partial charge in [0.2, 0.25) is 0 Å². The number of carbonyl (C=O) groups is 1. The zero-order chi connectivity index (χ0) is 31.8. The molecule has 1 aliphatic heterocycles. The van der Waals surface area contributed by atoms with Crippen molar-refractivity contribution in [3.63, 3.8) is 0 Å². The van der Waals surface area contributed by atoms with Gasteiger partial charge in [-0.15, -0.1) is 11.3 Å². The second-order valence-electron chi connectivity index (χ2n) is 11.9. The molecule has 3 aromatic rings. The van der Waals surface area contributed by atoms with E-state index in [-0.39, 0.29) is 29.4 Å². The van der Waals surface area contributed by atoms with Crippen LogP contribution in [0.4, 0.5) is 0 Å². The van der Waals surface area contributed by atoms with Crippen LogP contribution in [-0.4, -0.2) is 27.5 Å². The Hall–Kier alpha value is -2.73. The molecular formula is C34H32Cl4N4O2S. The number of hydrogen-bond donors (Lipinski definition) is 1. The van der Waals surface area contributed by atoms with Crippen molar-refractivity contribution in [3.8, 4) is 6.07 Å². The first-order valence-corrected chi connectivity index (χ1v) is 17.6. The van der Waals surface area contributed by atoms with E-state index in [1.165, 1.54) is 15.9 Å². The first kappa shape index (κ1) is 32.2. The molecule has 6 rings (SSSR count). The minimum Gasteiger partial charge on any atom is -0.384 e. The summed E-state index contributed by atoms with van der Waals surface area (Å²) in [6.45, 7) is 0. The number of rotatable bonds is 5. The van der Waals surface area contributed by atoms with Crippen LogP contribution >= 0.6 is 57.7 Å². The number of fused-ring (bicyclic) bond motifs is 1. The molecule has 2 saturated carbocycles. The smallest absolute Gasteiger partial charge is 0.274 e. The van der Waals surface area contributed by atoms with Gasteiger partial charge >= 0.3 is 0 Å². The average molecular weight is 703 g/mol. The van der Waals surface area contributed by atoms with E-state index in [1.807, 2.05) is 0 Å². The van der Waals surface area contributed by atoms with Gasteiger partial charge in [0.25, 0.3) is 11.5 Å². The lowest BCUT2D eigenvalue weighted by molar-refractivity contribution is -0.131. The highest BCUT2D eigenvalue weighted by Gasteiger charge is 2.42. The molecule has 3 aliphatic rings. The van der Waals surface area contributed by atoms with Crippen molar-refractivity contribution in [2.24, 2.45) is 5.73 Å². The fourth-order valence-corrected chi connectivity index (χ4v) is 9.19. The predicted octanol–water partition coefficient (Wildman–Crippen LogP) is 7.45. The Morgan fingerprint density at radius 2 is 1.49 bits per heavy atom. The number of amides is 1. The van der Waals surface area contributed by atoms with Crippen LogP contribution in [0.3, 0.4) is 0 Å². The Morgan fingerprint density at radius 1 is 0.911 bits per heavy atom. The molecule has 6 nitrogen and oxygen atoms in total. The first-order valence-electron chi connectivity index (χ1n) is 15.3.